The van der Waals surface area contributed by atoms with Crippen LogP contribution in [0.1, 0.15) is 0 Å². The van der Waals surface area contributed by atoms with Gasteiger partial charge in [-0.25, -0.2) is 4.79 Å². The fourth-order valence-electron chi connectivity index (χ4n) is 1.32. The normalized spacial score (nSPS) is 18.8. The Morgan fingerprint density at radius 1 is 1.76 bits per heavy atom. The SMILES string of the molecule is C=CN(CCS)C(=O)CN1C=CC(N)NC1=O. The van der Waals surface area contributed by atoms with Gasteiger partial charge in [0.2, 0.25) is 5.91 Å². The molecule has 3 amide bonds. The fraction of sp³-hybridized carbons (Fsp3) is 0.400. The molecule has 1 atom stereocenters. The second kappa shape index (κ2) is 6.31. The summed E-state index contributed by atoms with van der Waals surface area (Å²) in [6.45, 7) is 3.95. The molecular weight excluding hydrogens is 240 g/mol. The molecule has 1 aliphatic rings. The minimum Gasteiger partial charge on any atom is -0.319 e. The number of carbonyl (C=O) groups is 2. The number of hydrogen-bond acceptors (Lipinski definition) is 4. The Kier molecular flexibility index (Phi) is 5.05. The highest BCUT2D eigenvalue weighted by atomic mass is 32.1. The Morgan fingerprint density at radius 3 is 3.00 bits per heavy atom. The summed E-state index contributed by atoms with van der Waals surface area (Å²) in [4.78, 5) is 26.0. The molecule has 0 spiro atoms. The average molecular weight is 256 g/mol. The van der Waals surface area contributed by atoms with Crippen molar-refractivity contribution in [2.45, 2.75) is 6.17 Å². The van der Waals surface area contributed by atoms with Crippen molar-refractivity contribution in [3.8, 4) is 0 Å². The number of thiol groups is 1. The zero-order valence-electron chi connectivity index (χ0n) is 9.37. The number of nitrogens with two attached hydrogens (primary N) is 1. The molecule has 1 rings (SSSR count). The fourth-order valence-corrected chi connectivity index (χ4v) is 1.54. The van der Waals surface area contributed by atoms with E-state index in [1.807, 2.05) is 0 Å². The van der Waals surface area contributed by atoms with E-state index in [2.05, 4.69) is 24.5 Å². The van der Waals surface area contributed by atoms with E-state index >= 15 is 0 Å². The number of rotatable bonds is 5. The van der Waals surface area contributed by atoms with Crippen molar-refractivity contribution in [3.63, 3.8) is 0 Å². The van der Waals surface area contributed by atoms with Gasteiger partial charge in [0.1, 0.15) is 6.54 Å². The summed E-state index contributed by atoms with van der Waals surface area (Å²) in [5, 5.41) is 2.49. The maximum Gasteiger partial charge on any atom is 0.323 e. The van der Waals surface area contributed by atoms with Crippen molar-refractivity contribution >= 4 is 24.6 Å². The van der Waals surface area contributed by atoms with Crippen molar-refractivity contribution in [3.05, 3.63) is 25.1 Å². The van der Waals surface area contributed by atoms with Crippen LogP contribution in [0.25, 0.3) is 0 Å². The maximum atomic E-state index is 11.8. The number of carbonyl (C=O) groups excluding carboxylic acids is 2. The number of nitrogens with zero attached hydrogens (tertiary/aromatic N) is 2. The zero-order chi connectivity index (χ0) is 12.8. The molecule has 0 saturated carbocycles. The Labute approximate surface area is 106 Å². The van der Waals surface area contributed by atoms with Crippen LogP contribution >= 0.6 is 12.6 Å². The van der Waals surface area contributed by atoms with Crippen molar-refractivity contribution < 1.29 is 9.59 Å². The van der Waals surface area contributed by atoms with E-state index in [4.69, 9.17) is 5.73 Å². The molecule has 1 unspecified atom stereocenters. The largest absolute Gasteiger partial charge is 0.323 e. The van der Waals surface area contributed by atoms with Crippen LogP contribution in [0, 0.1) is 0 Å². The van der Waals surface area contributed by atoms with Crippen LogP contribution in [0.2, 0.25) is 0 Å². The molecule has 0 radical (unpaired) electrons. The van der Waals surface area contributed by atoms with E-state index in [-0.39, 0.29) is 18.5 Å². The molecular formula is C10H16N4O2S. The van der Waals surface area contributed by atoms with Crippen molar-refractivity contribution in [1.29, 1.82) is 0 Å². The highest BCUT2D eigenvalue weighted by molar-refractivity contribution is 7.80. The second-order valence-corrected chi connectivity index (χ2v) is 3.89. The van der Waals surface area contributed by atoms with Gasteiger partial charge >= 0.3 is 6.03 Å². The summed E-state index contributed by atoms with van der Waals surface area (Å²) in [6, 6.07) is -0.386. The first-order chi connectivity index (χ1) is 8.08. The molecule has 17 heavy (non-hydrogen) atoms. The van der Waals surface area contributed by atoms with Gasteiger partial charge in [0.25, 0.3) is 0 Å². The topological polar surface area (TPSA) is 78.7 Å². The lowest BCUT2D eigenvalue weighted by atomic mass is 10.3. The van der Waals surface area contributed by atoms with E-state index in [1.54, 1.807) is 6.08 Å². The predicted octanol–water partition coefficient (Wildman–Crippen LogP) is -0.288. The van der Waals surface area contributed by atoms with E-state index < -0.39 is 6.17 Å². The first-order valence-corrected chi connectivity index (χ1v) is 5.75. The Bertz CT molecular complexity index is 345. The van der Waals surface area contributed by atoms with Gasteiger partial charge in [-0.05, 0) is 12.3 Å². The van der Waals surface area contributed by atoms with Crippen molar-refractivity contribution in [2.75, 3.05) is 18.8 Å². The van der Waals surface area contributed by atoms with Crippen molar-refractivity contribution in [2.24, 2.45) is 5.73 Å². The summed E-state index contributed by atoms with van der Waals surface area (Å²) >= 11 is 4.04. The Morgan fingerprint density at radius 2 is 2.47 bits per heavy atom. The lowest BCUT2D eigenvalue weighted by Gasteiger charge is -2.27. The van der Waals surface area contributed by atoms with Crippen molar-refractivity contribution in [1.82, 2.24) is 15.1 Å². The monoisotopic (exact) mass is 256 g/mol. The minimum atomic E-state index is -0.498. The smallest absolute Gasteiger partial charge is 0.319 e. The molecule has 0 aromatic heterocycles. The van der Waals surface area contributed by atoms with Crippen LogP contribution in [0.3, 0.4) is 0 Å². The summed E-state index contributed by atoms with van der Waals surface area (Å²) in [5.74, 6) is 0.314. The number of amides is 3. The van der Waals surface area contributed by atoms with Crippen LogP contribution in [-0.4, -0.2) is 46.7 Å². The van der Waals surface area contributed by atoms with E-state index in [9.17, 15) is 9.59 Å². The number of urea groups is 1. The third-order valence-corrected chi connectivity index (χ3v) is 2.41. The molecule has 0 aliphatic carbocycles. The standard InChI is InChI=1S/C10H16N4O2S/c1-2-13(5-6-17)9(15)7-14-4-3-8(11)12-10(14)16/h2-4,8,17H,1,5-7,11H2,(H,12,16). The Balaban J connectivity index is 2.59. The first kappa shape index (κ1) is 13.6. The molecule has 0 aromatic carbocycles. The minimum absolute atomic E-state index is 0.0468. The van der Waals surface area contributed by atoms with Gasteiger partial charge in [-0.2, -0.15) is 12.6 Å². The first-order valence-electron chi connectivity index (χ1n) is 5.12. The molecule has 0 saturated heterocycles. The molecule has 3 N–H and O–H groups in total. The van der Waals surface area contributed by atoms with Gasteiger partial charge in [0.15, 0.2) is 0 Å². The molecule has 1 heterocycles. The predicted molar refractivity (Wildman–Crippen MR) is 68.1 cm³/mol. The average Bonchev–Trinajstić information content (AvgIpc) is 2.29. The number of hydrogen-bond donors (Lipinski definition) is 3. The van der Waals surface area contributed by atoms with Crippen LogP contribution < -0.4 is 11.1 Å². The van der Waals surface area contributed by atoms with Crippen LogP contribution in [-0.2, 0) is 4.79 Å². The molecule has 7 heteroatoms. The van der Waals surface area contributed by atoms with E-state index in [0.29, 0.717) is 12.3 Å². The quantitative estimate of drug-likeness (QED) is 0.592. The molecule has 94 valence electrons. The lowest BCUT2D eigenvalue weighted by Crippen LogP contribution is -2.51. The lowest BCUT2D eigenvalue weighted by molar-refractivity contribution is -0.128. The summed E-state index contributed by atoms with van der Waals surface area (Å²) < 4.78 is 0. The molecule has 0 aromatic rings. The van der Waals surface area contributed by atoms with Gasteiger partial charge < -0.3 is 16.0 Å². The van der Waals surface area contributed by atoms with Crippen LogP contribution in [0.15, 0.2) is 25.1 Å². The van der Waals surface area contributed by atoms with E-state index in [1.165, 1.54) is 22.2 Å². The Hall–Kier alpha value is -1.47. The third-order valence-electron chi connectivity index (χ3n) is 2.21. The van der Waals surface area contributed by atoms with Gasteiger partial charge in [-0.1, -0.05) is 6.58 Å². The summed E-state index contributed by atoms with van der Waals surface area (Å²) in [7, 11) is 0. The van der Waals surface area contributed by atoms with Crippen LogP contribution in [0.4, 0.5) is 4.79 Å². The van der Waals surface area contributed by atoms with E-state index in [0.717, 1.165) is 0 Å². The van der Waals surface area contributed by atoms with Crippen LogP contribution in [0.5, 0.6) is 0 Å². The molecule has 0 bridgehead atoms. The maximum absolute atomic E-state index is 11.8. The molecule has 0 fully saturated rings. The van der Waals surface area contributed by atoms with Gasteiger partial charge in [0.05, 0.1) is 6.17 Å². The van der Waals surface area contributed by atoms with Gasteiger partial charge in [-0.3, -0.25) is 9.69 Å². The zero-order valence-corrected chi connectivity index (χ0v) is 10.3. The highest BCUT2D eigenvalue weighted by Crippen LogP contribution is 2.02. The summed E-state index contributed by atoms with van der Waals surface area (Å²) in [5.41, 5.74) is 5.48. The molecule has 6 nitrogen and oxygen atoms in total. The molecule has 1 aliphatic heterocycles. The highest BCUT2D eigenvalue weighted by Gasteiger charge is 2.21. The summed E-state index contributed by atoms with van der Waals surface area (Å²) in [6.07, 6.45) is 4.03. The number of nitrogens with one attached hydrogen (secondary N) is 1. The van der Waals surface area contributed by atoms with Gasteiger partial charge in [0, 0.05) is 18.5 Å². The second-order valence-electron chi connectivity index (χ2n) is 3.44. The van der Waals surface area contributed by atoms with Gasteiger partial charge in [-0.15, -0.1) is 0 Å². The third kappa shape index (κ3) is 3.79.